The highest BCUT2D eigenvalue weighted by molar-refractivity contribution is 7.89. The SMILES string of the molecule is O=C(O)CCCC(=O)N1CCc2cc(S(=O)(=O)NC3CCCC3)ccc21. The molecule has 1 heterocycles. The van der Waals surface area contributed by atoms with Crippen molar-refractivity contribution in [2.24, 2.45) is 0 Å². The molecule has 1 fully saturated rings. The average molecular weight is 380 g/mol. The molecule has 0 atom stereocenters. The number of carbonyl (C=O) groups is 2. The van der Waals surface area contributed by atoms with Crippen LogP contribution in [-0.4, -0.2) is 38.0 Å². The van der Waals surface area contributed by atoms with Crippen LogP contribution in [0.5, 0.6) is 0 Å². The van der Waals surface area contributed by atoms with Crippen molar-refractivity contribution in [2.75, 3.05) is 11.4 Å². The second-order valence-corrected chi connectivity index (χ2v) is 8.65. The molecule has 1 aromatic carbocycles. The molecule has 0 aromatic heterocycles. The number of carboxylic acid groups (broad SMARTS) is 1. The standard InChI is InChI=1S/C18H24N2O5S/c21-17(6-3-7-18(22)23)20-11-10-13-12-15(8-9-16(13)20)26(24,25)19-14-4-1-2-5-14/h8-9,12,14,19H,1-7,10-11H2,(H,22,23). The zero-order valence-corrected chi connectivity index (χ0v) is 15.4. The van der Waals surface area contributed by atoms with Gasteiger partial charge in [0.25, 0.3) is 0 Å². The minimum absolute atomic E-state index is 0.0144. The molecule has 2 N–H and O–H groups in total. The van der Waals surface area contributed by atoms with E-state index in [1.807, 2.05) is 0 Å². The van der Waals surface area contributed by atoms with Crippen LogP contribution >= 0.6 is 0 Å². The number of benzene rings is 1. The molecule has 0 saturated heterocycles. The Kier molecular flexibility index (Phi) is 5.62. The Hall–Kier alpha value is -1.93. The van der Waals surface area contributed by atoms with E-state index in [4.69, 9.17) is 5.11 Å². The number of nitrogens with zero attached hydrogens (tertiary/aromatic N) is 1. The number of fused-ring (bicyclic) bond motifs is 1. The Morgan fingerprint density at radius 1 is 1.19 bits per heavy atom. The Morgan fingerprint density at radius 2 is 1.92 bits per heavy atom. The lowest BCUT2D eigenvalue weighted by Crippen LogP contribution is -2.32. The summed E-state index contributed by atoms with van der Waals surface area (Å²) in [5.74, 6) is -1.03. The number of anilines is 1. The maximum absolute atomic E-state index is 12.6. The maximum atomic E-state index is 12.6. The number of hydrogen-bond acceptors (Lipinski definition) is 4. The topological polar surface area (TPSA) is 104 Å². The normalized spacial score (nSPS) is 17.5. The van der Waals surface area contributed by atoms with Crippen molar-refractivity contribution in [1.29, 1.82) is 0 Å². The van der Waals surface area contributed by atoms with Gasteiger partial charge in [0.1, 0.15) is 0 Å². The fourth-order valence-electron chi connectivity index (χ4n) is 3.66. The van der Waals surface area contributed by atoms with E-state index in [1.165, 1.54) is 0 Å². The molecular formula is C18H24N2O5S. The third-order valence-electron chi connectivity index (χ3n) is 5.02. The minimum Gasteiger partial charge on any atom is -0.481 e. The fourth-order valence-corrected chi connectivity index (χ4v) is 5.02. The molecule has 7 nitrogen and oxygen atoms in total. The summed E-state index contributed by atoms with van der Waals surface area (Å²) in [5.41, 5.74) is 1.57. The second-order valence-electron chi connectivity index (χ2n) is 6.94. The van der Waals surface area contributed by atoms with Gasteiger partial charge in [-0.25, -0.2) is 13.1 Å². The molecule has 142 valence electrons. The maximum Gasteiger partial charge on any atom is 0.303 e. The zero-order valence-electron chi connectivity index (χ0n) is 14.6. The van der Waals surface area contributed by atoms with Crippen LogP contribution in [0.25, 0.3) is 0 Å². The Bertz CT molecular complexity index is 800. The largest absolute Gasteiger partial charge is 0.481 e. The van der Waals surface area contributed by atoms with Gasteiger partial charge in [0.15, 0.2) is 0 Å². The van der Waals surface area contributed by atoms with Crippen LogP contribution in [0.1, 0.15) is 50.5 Å². The molecule has 0 unspecified atom stereocenters. The number of carboxylic acids is 1. The van der Waals surface area contributed by atoms with E-state index in [0.29, 0.717) is 19.4 Å². The van der Waals surface area contributed by atoms with E-state index in [1.54, 1.807) is 23.1 Å². The smallest absolute Gasteiger partial charge is 0.303 e. The number of sulfonamides is 1. The van der Waals surface area contributed by atoms with E-state index in [0.717, 1.165) is 36.9 Å². The molecular weight excluding hydrogens is 356 g/mol. The molecule has 1 aromatic rings. The van der Waals surface area contributed by atoms with E-state index in [9.17, 15) is 18.0 Å². The Balaban J connectivity index is 1.69. The highest BCUT2D eigenvalue weighted by Gasteiger charge is 2.28. The third-order valence-corrected chi connectivity index (χ3v) is 6.53. The lowest BCUT2D eigenvalue weighted by Gasteiger charge is -2.18. The summed E-state index contributed by atoms with van der Waals surface area (Å²) in [6.45, 7) is 0.501. The Morgan fingerprint density at radius 3 is 2.62 bits per heavy atom. The molecule has 1 amide bonds. The molecule has 26 heavy (non-hydrogen) atoms. The van der Waals surface area contributed by atoms with Gasteiger partial charge in [0.05, 0.1) is 4.90 Å². The molecule has 1 aliphatic carbocycles. The highest BCUT2D eigenvalue weighted by Crippen LogP contribution is 2.31. The van der Waals surface area contributed by atoms with Crippen LogP contribution in [0.4, 0.5) is 5.69 Å². The van der Waals surface area contributed by atoms with Crippen molar-refractivity contribution < 1.29 is 23.1 Å². The van der Waals surface area contributed by atoms with Gasteiger partial charge in [0.2, 0.25) is 15.9 Å². The predicted octanol–water partition coefficient (Wildman–Crippen LogP) is 2.05. The third kappa shape index (κ3) is 4.24. The summed E-state index contributed by atoms with van der Waals surface area (Å²) >= 11 is 0. The quantitative estimate of drug-likeness (QED) is 0.753. The van der Waals surface area contributed by atoms with Gasteiger partial charge in [-0.2, -0.15) is 0 Å². The van der Waals surface area contributed by atoms with Crippen LogP contribution < -0.4 is 9.62 Å². The molecule has 0 bridgehead atoms. The average Bonchev–Trinajstić information content (AvgIpc) is 3.22. The van der Waals surface area contributed by atoms with E-state index in [-0.39, 0.29) is 29.7 Å². The van der Waals surface area contributed by atoms with Gasteiger partial charge < -0.3 is 10.0 Å². The van der Waals surface area contributed by atoms with Crippen molar-refractivity contribution in [3.8, 4) is 0 Å². The fraction of sp³-hybridized carbons (Fsp3) is 0.556. The lowest BCUT2D eigenvalue weighted by atomic mass is 10.1. The van der Waals surface area contributed by atoms with E-state index >= 15 is 0 Å². The summed E-state index contributed by atoms with van der Waals surface area (Å²) in [6.07, 6.45) is 4.91. The van der Waals surface area contributed by atoms with Crippen LogP contribution in [0.2, 0.25) is 0 Å². The summed E-state index contributed by atoms with van der Waals surface area (Å²) in [5, 5.41) is 8.67. The van der Waals surface area contributed by atoms with Crippen molar-refractivity contribution in [3.63, 3.8) is 0 Å². The van der Waals surface area contributed by atoms with Gasteiger partial charge in [-0.1, -0.05) is 12.8 Å². The van der Waals surface area contributed by atoms with Crippen LogP contribution in [0.15, 0.2) is 23.1 Å². The van der Waals surface area contributed by atoms with E-state index in [2.05, 4.69) is 4.72 Å². The predicted molar refractivity (Wildman–Crippen MR) is 96.6 cm³/mol. The second kappa shape index (κ2) is 7.75. The molecule has 2 aliphatic rings. The van der Waals surface area contributed by atoms with Crippen molar-refractivity contribution >= 4 is 27.6 Å². The van der Waals surface area contributed by atoms with Gasteiger partial charge in [-0.3, -0.25) is 9.59 Å². The first-order valence-corrected chi connectivity index (χ1v) is 10.5. The summed E-state index contributed by atoms with van der Waals surface area (Å²) < 4.78 is 27.9. The Labute approximate surface area is 153 Å². The summed E-state index contributed by atoms with van der Waals surface area (Å²) in [6, 6.07) is 4.89. The monoisotopic (exact) mass is 380 g/mol. The van der Waals surface area contributed by atoms with Gasteiger partial charge in [-0.05, 0) is 49.4 Å². The molecule has 3 rings (SSSR count). The van der Waals surface area contributed by atoms with Gasteiger partial charge >= 0.3 is 5.97 Å². The lowest BCUT2D eigenvalue weighted by molar-refractivity contribution is -0.137. The number of carbonyl (C=O) groups excluding carboxylic acids is 1. The first-order valence-electron chi connectivity index (χ1n) is 9.04. The van der Waals surface area contributed by atoms with Gasteiger partial charge in [-0.15, -0.1) is 0 Å². The van der Waals surface area contributed by atoms with Crippen molar-refractivity contribution in [3.05, 3.63) is 23.8 Å². The molecule has 0 radical (unpaired) electrons. The van der Waals surface area contributed by atoms with E-state index < -0.39 is 16.0 Å². The first-order chi connectivity index (χ1) is 12.4. The highest BCUT2D eigenvalue weighted by atomic mass is 32.2. The van der Waals surface area contributed by atoms with Crippen LogP contribution in [0.3, 0.4) is 0 Å². The molecule has 0 spiro atoms. The summed E-state index contributed by atoms with van der Waals surface area (Å²) in [4.78, 5) is 24.7. The molecule has 1 aliphatic heterocycles. The van der Waals surface area contributed by atoms with Crippen LogP contribution in [0, 0.1) is 0 Å². The molecule has 1 saturated carbocycles. The summed E-state index contributed by atoms with van der Waals surface area (Å²) in [7, 11) is -3.55. The number of nitrogens with one attached hydrogen (secondary N) is 1. The number of hydrogen-bond donors (Lipinski definition) is 2. The van der Waals surface area contributed by atoms with Crippen LogP contribution in [-0.2, 0) is 26.0 Å². The minimum atomic E-state index is -3.55. The number of rotatable bonds is 7. The number of amides is 1. The van der Waals surface area contributed by atoms with Crippen molar-refractivity contribution in [1.82, 2.24) is 4.72 Å². The van der Waals surface area contributed by atoms with Gasteiger partial charge in [0, 0.05) is 31.1 Å². The number of aliphatic carboxylic acids is 1. The van der Waals surface area contributed by atoms with Crippen molar-refractivity contribution in [2.45, 2.75) is 62.3 Å². The molecule has 8 heteroatoms. The first kappa shape index (κ1) is 18.8. The zero-order chi connectivity index (χ0) is 18.7.